The molecule has 2 aromatic rings. The van der Waals surface area contributed by atoms with Gasteiger partial charge in [0.2, 0.25) is 0 Å². The highest BCUT2D eigenvalue weighted by molar-refractivity contribution is 7.92. The zero-order valence-electron chi connectivity index (χ0n) is 16.2. The van der Waals surface area contributed by atoms with Gasteiger partial charge in [-0.2, -0.15) is 0 Å². The summed E-state index contributed by atoms with van der Waals surface area (Å²) in [7, 11) is -3.34. The van der Waals surface area contributed by atoms with E-state index in [1.165, 1.54) is 55.5 Å². The van der Waals surface area contributed by atoms with Crippen LogP contribution in [0.15, 0.2) is 59.5 Å². The average Bonchev–Trinajstić information content (AvgIpc) is 3.21. The van der Waals surface area contributed by atoms with Gasteiger partial charge in [-0.3, -0.25) is 4.90 Å². The molecule has 5 heteroatoms. The van der Waals surface area contributed by atoms with Crippen LogP contribution in [0.4, 0.5) is 0 Å². The Morgan fingerprint density at radius 2 is 1.71 bits per heavy atom. The molecule has 150 valence electrons. The van der Waals surface area contributed by atoms with Crippen molar-refractivity contribution in [2.45, 2.75) is 54.7 Å². The summed E-state index contributed by atoms with van der Waals surface area (Å²) in [6.45, 7) is 1.50. The Kier molecular flexibility index (Phi) is 5.74. The van der Waals surface area contributed by atoms with Crippen LogP contribution in [0.25, 0.3) is 0 Å². The summed E-state index contributed by atoms with van der Waals surface area (Å²) in [5, 5.41) is 9.09. The fraction of sp³-hybridized carbons (Fsp3) is 0.478. The molecule has 0 bridgehead atoms. The Bertz CT molecular complexity index is 880. The number of aromatic hydroxyl groups is 1. The molecule has 28 heavy (non-hydrogen) atoms. The van der Waals surface area contributed by atoms with E-state index in [9.17, 15) is 13.5 Å². The smallest absolute Gasteiger partial charge is 0.182 e. The third kappa shape index (κ3) is 4.26. The standard InChI is InChI=1S/C23H29NO3S/c25-21-9-11-22(12-10-21)28(26,27)23-13-14-24(17-23)20-8-4-7-19(16-20)15-18-5-2-1-3-6-18/h1-3,5-6,9-12,19-20,23,25H,4,7-8,13-17H2/t19-,20-,23?/m1/s1. The van der Waals surface area contributed by atoms with E-state index in [0.717, 1.165) is 13.0 Å². The van der Waals surface area contributed by atoms with Crippen LogP contribution in [0.1, 0.15) is 37.7 Å². The lowest BCUT2D eigenvalue weighted by molar-refractivity contribution is 0.157. The van der Waals surface area contributed by atoms with Gasteiger partial charge in [-0.25, -0.2) is 8.42 Å². The van der Waals surface area contributed by atoms with Crippen molar-refractivity contribution in [2.75, 3.05) is 13.1 Å². The molecule has 1 saturated carbocycles. The van der Waals surface area contributed by atoms with Gasteiger partial charge in [0.25, 0.3) is 0 Å². The zero-order chi connectivity index (χ0) is 19.6. The summed E-state index contributed by atoms with van der Waals surface area (Å²) >= 11 is 0. The first-order chi connectivity index (χ1) is 13.5. The first kappa shape index (κ1) is 19.5. The van der Waals surface area contributed by atoms with Gasteiger partial charge < -0.3 is 5.11 Å². The van der Waals surface area contributed by atoms with E-state index in [-0.39, 0.29) is 11.0 Å². The van der Waals surface area contributed by atoms with E-state index in [1.807, 2.05) is 0 Å². The average molecular weight is 400 g/mol. The third-order valence-electron chi connectivity index (χ3n) is 6.42. The van der Waals surface area contributed by atoms with Gasteiger partial charge >= 0.3 is 0 Å². The normalized spacial score (nSPS) is 26.4. The maximum Gasteiger partial charge on any atom is 0.182 e. The molecule has 0 aromatic heterocycles. The van der Waals surface area contributed by atoms with Gasteiger partial charge in [-0.05, 0) is 68.0 Å². The number of sulfone groups is 1. The van der Waals surface area contributed by atoms with E-state index in [1.54, 1.807) is 0 Å². The molecule has 2 aromatic carbocycles. The van der Waals surface area contributed by atoms with E-state index < -0.39 is 9.84 Å². The van der Waals surface area contributed by atoms with Gasteiger partial charge in [0, 0.05) is 12.6 Å². The van der Waals surface area contributed by atoms with E-state index in [2.05, 4.69) is 35.2 Å². The Morgan fingerprint density at radius 1 is 0.964 bits per heavy atom. The molecule has 0 amide bonds. The van der Waals surface area contributed by atoms with Crippen LogP contribution in [0, 0.1) is 5.92 Å². The van der Waals surface area contributed by atoms with E-state index in [0.29, 0.717) is 29.8 Å². The van der Waals surface area contributed by atoms with Gasteiger partial charge in [0.1, 0.15) is 5.75 Å². The molecule has 4 nitrogen and oxygen atoms in total. The van der Waals surface area contributed by atoms with Crippen LogP contribution in [-0.4, -0.2) is 42.8 Å². The van der Waals surface area contributed by atoms with Crippen LogP contribution in [0.3, 0.4) is 0 Å². The van der Waals surface area contributed by atoms with Crippen molar-refractivity contribution in [3.63, 3.8) is 0 Å². The monoisotopic (exact) mass is 399 g/mol. The molecule has 2 aliphatic rings. The highest BCUT2D eigenvalue weighted by Crippen LogP contribution is 2.34. The lowest BCUT2D eigenvalue weighted by Crippen LogP contribution is -2.39. The van der Waals surface area contributed by atoms with Crippen molar-refractivity contribution in [3.8, 4) is 5.75 Å². The van der Waals surface area contributed by atoms with Crippen LogP contribution in [-0.2, 0) is 16.3 Å². The fourth-order valence-corrected chi connectivity index (χ4v) is 6.60. The molecule has 1 aliphatic carbocycles. The van der Waals surface area contributed by atoms with E-state index >= 15 is 0 Å². The largest absolute Gasteiger partial charge is 0.508 e. The lowest BCUT2D eigenvalue weighted by atomic mass is 9.81. The molecule has 1 heterocycles. The fourth-order valence-electron chi connectivity index (χ4n) is 4.89. The molecule has 3 atom stereocenters. The van der Waals surface area contributed by atoms with Crippen LogP contribution >= 0.6 is 0 Å². The van der Waals surface area contributed by atoms with Gasteiger partial charge in [-0.15, -0.1) is 0 Å². The third-order valence-corrected chi connectivity index (χ3v) is 8.61. The van der Waals surface area contributed by atoms with Crippen molar-refractivity contribution in [3.05, 3.63) is 60.2 Å². The Labute approximate surface area is 168 Å². The van der Waals surface area contributed by atoms with Crippen molar-refractivity contribution < 1.29 is 13.5 Å². The lowest BCUT2D eigenvalue weighted by Gasteiger charge is -2.35. The molecular formula is C23H29NO3S. The van der Waals surface area contributed by atoms with Gasteiger partial charge in [0.05, 0.1) is 10.1 Å². The van der Waals surface area contributed by atoms with E-state index in [4.69, 9.17) is 0 Å². The van der Waals surface area contributed by atoms with Crippen LogP contribution in [0.2, 0.25) is 0 Å². The number of rotatable bonds is 5. The molecule has 0 radical (unpaired) electrons. The number of likely N-dealkylation sites (tertiary alicyclic amines) is 1. The molecule has 1 unspecified atom stereocenters. The molecule has 0 spiro atoms. The topological polar surface area (TPSA) is 57.6 Å². The van der Waals surface area contributed by atoms with Crippen molar-refractivity contribution in [2.24, 2.45) is 5.92 Å². The highest BCUT2D eigenvalue weighted by atomic mass is 32.2. The predicted octanol–water partition coefficient (Wildman–Crippen LogP) is 4.04. The molecule has 4 rings (SSSR count). The van der Waals surface area contributed by atoms with Crippen LogP contribution in [0.5, 0.6) is 5.75 Å². The minimum absolute atomic E-state index is 0.0960. The zero-order valence-corrected chi connectivity index (χ0v) is 17.0. The summed E-state index contributed by atoms with van der Waals surface area (Å²) in [4.78, 5) is 2.74. The second-order valence-electron chi connectivity index (χ2n) is 8.32. The number of phenols is 1. The Hall–Kier alpha value is -1.85. The Morgan fingerprint density at radius 3 is 2.46 bits per heavy atom. The molecule has 1 N–H and O–H groups in total. The number of hydrogen-bond acceptors (Lipinski definition) is 4. The SMILES string of the molecule is O=S(=O)(c1ccc(O)cc1)C1CCN([C@@H]2CCC[C@H](Cc3ccccc3)C2)C1. The number of phenolic OH excluding ortho intramolecular Hbond substituents is 1. The number of benzene rings is 2. The van der Waals surface area contributed by atoms with Gasteiger partial charge in [-0.1, -0.05) is 43.2 Å². The number of hydrogen-bond donors (Lipinski definition) is 1. The Balaban J connectivity index is 1.39. The highest BCUT2D eigenvalue weighted by Gasteiger charge is 2.38. The minimum atomic E-state index is -3.34. The summed E-state index contributed by atoms with van der Waals surface area (Å²) < 4.78 is 25.9. The quantitative estimate of drug-likeness (QED) is 0.824. The summed E-state index contributed by atoms with van der Waals surface area (Å²) in [5.74, 6) is 0.785. The summed E-state index contributed by atoms with van der Waals surface area (Å²) in [6.07, 6.45) is 6.67. The summed E-state index contributed by atoms with van der Waals surface area (Å²) in [6, 6.07) is 17.1. The second-order valence-corrected chi connectivity index (χ2v) is 10.5. The first-order valence-electron chi connectivity index (χ1n) is 10.3. The molecule has 2 fully saturated rings. The maximum absolute atomic E-state index is 13.0. The number of nitrogens with zero attached hydrogens (tertiary/aromatic N) is 1. The molecular weight excluding hydrogens is 370 g/mol. The predicted molar refractivity (Wildman–Crippen MR) is 111 cm³/mol. The maximum atomic E-state index is 13.0. The van der Waals surface area contributed by atoms with Crippen LogP contribution < -0.4 is 0 Å². The van der Waals surface area contributed by atoms with Crippen molar-refractivity contribution in [1.29, 1.82) is 0 Å². The van der Waals surface area contributed by atoms with Gasteiger partial charge in [0.15, 0.2) is 9.84 Å². The first-order valence-corrected chi connectivity index (χ1v) is 11.9. The second kappa shape index (κ2) is 8.26. The molecule has 1 aliphatic heterocycles. The summed E-state index contributed by atoms with van der Waals surface area (Å²) in [5.41, 5.74) is 1.40. The van der Waals surface area contributed by atoms with Crippen molar-refractivity contribution in [1.82, 2.24) is 4.90 Å². The van der Waals surface area contributed by atoms with Crippen molar-refractivity contribution >= 4 is 9.84 Å². The minimum Gasteiger partial charge on any atom is -0.508 e. The molecule has 1 saturated heterocycles.